The molecule has 0 atom stereocenters. The number of aryl methyl sites for hydroxylation is 1. The van der Waals surface area contributed by atoms with Crippen LogP contribution in [-0.2, 0) is 0 Å². The minimum absolute atomic E-state index is 1.05. The number of anilines is 1. The Kier molecular flexibility index (Phi) is 6.14. The minimum Gasteiger partial charge on any atom is -0.370 e. The summed E-state index contributed by atoms with van der Waals surface area (Å²) in [6.07, 6.45) is 0. The highest BCUT2D eigenvalue weighted by Crippen LogP contribution is 2.25. The Morgan fingerprint density at radius 1 is 1.19 bits per heavy atom. The summed E-state index contributed by atoms with van der Waals surface area (Å²) in [6, 6.07) is 6.40. The van der Waals surface area contributed by atoms with Crippen LogP contribution in [0.4, 0.5) is 5.69 Å². The zero-order chi connectivity index (χ0) is 12.0. The molecule has 1 heterocycles. The van der Waals surface area contributed by atoms with Gasteiger partial charge in [0.15, 0.2) is 0 Å². The number of nitrogens with zero attached hydrogens (tertiary/aromatic N) is 1. The number of hydrogen-bond donors (Lipinski definition) is 1. The topological polar surface area (TPSA) is 3.24 Å². The van der Waals surface area contributed by atoms with Gasteiger partial charge in [0.1, 0.15) is 0 Å². The molecule has 1 saturated heterocycles. The Morgan fingerprint density at radius 3 is 2.38 bits per heavy atom. The number of rotatable bonds is 1. The summed E-state index contributed by atoms with van der Waals surface area (Å²) in [7, 11) is 0. The number of thiol groups is 1. The molecule has 16 heavy (non-hydrogen) atoms. The van der Waals surface area contributed by atoms with Gasteiger partial charge in [-0.15, -0.1) is 12.6 Å². The van der Waals surface area contributed by atoms with Gasteiger partial charge < -0.3 is 4.90 Å². The van der Waals surface area contributed by atoms with Crippen molar-refractivity contribution >= 4 is 30.1 Å². The van der Waals surface area contributed by atoms with Gasteiger partial charge in [-0.3, -0.25) is 0 Å². The molecule has 2 rings (SSSR count). The molecule has 1 aliphatic rings. The first-order valence-electron chi connectivity index (χ1n) is 5.90. The van der Waals surface area contributed by atoms with Crippen molar-refractivity contribution in [2.24, 2.45) is 0 Å². The molecule has 1 nitrogen and oxygen atoms in total. The SMILES string of the molecule is CC.Cc1cc(S)ccc1N1CCSCC1. The fourth-order valence-electron chi connectivity index (χ4n) is 1.80. The van der Waals surface area contributed by atoms with Crippen LogP contribution in [0.5, 0.6) is 0 Å². The summed E-state index contributed by atoms with van der Waals surface area (Å²) in [5.41, 5.74) is 2.72. The van der Waals surface area contributed by atoms with Crippen molar-refractivity contribution in [3.63, 3.8) is 0 Å². The molecule has 0 spiro atoms. The van der Waals surface area contributed by atoms with Crippen LogP contribution in [0.15, 0.2) is 23.1 Å². The Labute approximate surface area is 109 Å². The average Bonchev–Trinajstić information content (AvgIpc) is 2.33. The lowest BCUT2D eigenvalue weighted by atomic mass is 10.2. The molecule has 1 aromatic carbocycles. The predicted molar refractivity (Wildman–Crippen MR) is 79.3 cm³/mol. The van der Waals surface area contributed by atoms with E-state index in [1.165, 1.54) is 35.8 Å². The molecular formula is C13H21NS2. The first-order chi connectivity index (χ1) is 7.77. The molecule has 90 valence electrons. The Hall–Kier alpha value is -0.280. The summed E-state index contributed by atoms with van der Waals surface area (Å²) in [5, 5.41) is 0. The second-order valence-corrected chi connectivity index (χ2v) is 5.31. The van der Waals surface area contributed by atoms with E-state index in [1.807, 2.05) is 25.6 Å². The first-order valence-corrected chi connectivity index (χ1v) is 7.50. The Bertz CT molecular complexity index is 320. The van der Waals surface area contributed by atoms with Crippen molar-refractivity contribution < 1.29 is 0 Å². The number of thioether (sulfide) groups is 1. The summed E-state index contributed by atoms with van der Waals surface area (Å²) >= 11 is 6.39. The Balaban J connectivity index is 0.000000606. The van der Waals surface area contributed by atoms with Crippen molar-refractivity contribution in [3.8, 4) is 0 Å². The molecule has 1 aliphatic heterocycles. The normalized spacial score (nSPS) is 15.4. The molecular weight excluding hydrogens is 234 g/mol. The minimum atomic E-state index is 1.05. The number of hydrogen-bond acceptors (Lipinski definition) is 3. The van der Waals surface area contributed by atoms with E-state index in [-0.39, 0.29) is 0 Å². The molecule has 0 bridgehead atoms. The van der Waals surface area contributed by atoms with Gasteiger partial charge in [0.05, 0.1) is 0 Å². The van der Waals surface area contributed by atoms with Crippen LogP contribution in [0.2, 0.25) is 0 Å². The third kappa shape index (κ3) is 3.63. The fourth-order valence-corrected chi connectivity index (χ4v) is 2.97. The van der Waals surface area contributed by atoms with Crippen LogP contribution in [0.3, 0.4) is 0 Å². The average molecular weight is 255 g/mol. The zero-order valence-corrected chi connectivity index (χ0v) is 12.1. The van der Waals surface area contributed by atoms with Crippen LogP contribution in [-0.4, -0.2) is 24.6 Å². The summed E-state index contributed by atoms with van der Waals surface area (Å²) in [6.45, 7) is 8.52. The molecule has 1 fully saturated rings. The van der Waals surface area contributed by atoms with Gasteiger partial charge in [0.2, 0.25) is 0 Å². The molecule has 0 unspecified atom stereocenters. The number of benzene rings is 1. The van der Waals surface area contributed by atoms with E-state index in [1.54, 1.807) is 0 Å². The lowest BCUT2D eigenvalue weighted by Gasteiger charge is -2.29. The van der Waals surface area contributed by atoms with Crippen molar-refractivity contribution in [3.05, 3.63) is 23.8 Å². The summed E-state index contributed by atoms with van der Waals surface area (Å²) < 4.78 is 0. The second-order valence-electron chi connectivity index (χ2n) is 3.57. The van der Waals surface area contributed by atoms with Crippen LogP contribution in [0, 0.1) is 6.92 Å². The highest BCUT2D eigenvalue weighted by molar-refractivity contribution is 7.99. The van der Waals surface area contributed by atoms with Crippen LogP contribution < -0.4 is 4.90 Å². The maximum atomic E-state index is 4.34. The van der Waals surface area contributed by atoms with Gasteiger partial charge in [-0.05, 0) is 30.7 Å². The Morgan fingerprint density at radius 2 is 1.81 bits per heavy atom. The van der Waals surface area contributed by atoms with E-state index in [0.717, 1.165) is 4.90 Å². The molecule has 0 amide bonds. The van der Waals surface area contributed by atoms with Crippen LogP contribution >= 0.6 is 24.4 Å². The van der Waals surface area contributed by atoms with E-state index in [0.29, 0.717) is 0 Å². The largest absolute Gasteiger partial charge is 0.370 e. The lowest BCUT2D eigenvalue weighted by Crippen LogP contribution is -2.32. The van der Waals surface area contributed by atoms with E-state index in [4.69, 9.17) is 0 Å². The first kappa shape index (κ1) is 13.8. The molecule has 0 saturated carbocycles. The van der Waals surface area contributed by atoms with E-state index in [2.05, 4.69) is 42.7 Å². The third-order valence-electron chi connectivity index (χ3n) is 2.53. The van der Waals surface area contributed by atoms with E-state index >= 15 is 0 Å². The van der Waals surface area contributed by atoms with Crippen molar-refractivity contribution in [2.45, 2.75) is 25.7 Å². The van der Waals surface area contributed by atoms with Crippen LogP contribution in [0.1, 0.15) is 19.4 Å². The van der Waals surface area contributed by atoms with Gasteiger partial charge in [-0.2, -0.15) is 11.8 Å². The molecule has 0 radical (unpaired) electrons. The monoisotopic (exact) mass is 255 g/mol. The highest BCUT2D eigenvalue weighted by atomic mass is 32.2. The molecule has 0 aliphatic carbocycles. The lowest BCUT2D eigenvalue weighted by molar-refractivity contribution is 0.853. The van der Waals surface area contributed by atoms with Gasteiger partial charge >= 0.3 is 0 Å². The van der Waals surface area contributed by atoms with Crippen LogP contribution in [0.25, 0.3) is 0 Å². The summed E-state index contributed by atoms with van der Waals surface area (Å²) in [5.74, 6) is 2.50. The van der Waals surface area contributed by atoms with E-state index < -0.39 is 0 Å². The van der Waals surface area contributed by atoms with Gasteiger partial charge in [-0.25, -0.2) is 0 Å². The summed E-state index contributed by atoms with van der Waals surface area (Å²) in [4.78, 5) is 3.52. The predicted octanol–water partition coefficient (Wildman–Crippen LogP) is 3.86. The maximum absolute atomic E-state index is 4.34. The van der Waals surface area contributed by atoms with Crippen molar-refractivity contribution in [1.82, 2.24) is 0 Å². The maximum Gasteiger partial charge on any atom is 0.0397 e. The van der Waals surface area contributed by atoms with Gasteiger partial charge in [-0.1, -0.05) is 13.8 Å². The fraction of sp³-hybridized carbons (Fsp3) is 0.538. The molecule has 0 N–H and O–H groups in total. The van der Waals surface area contributed by atoms with Crippen molar-refractivity contribution in [1.29, 1.82) is 0 Å². The quantitative estimate of drug-likeness (QED) is 0.759. The third-order valence-corrected chi connectivity index (χ3v) is 3.75. The standard InChI is InChI=1S/C11H15NS2.C2H6/c1-9-8-10(13)2-3-11(9)12-4-6-14-7-5-12;1-2/h2-3,8,13H,4-7H2,1H3;1-2H3. The molecule has 0 aromatic heterocycles. The smallest absolute Gasteiger partial charge is 0.0397 e. The molecule has 1 aromatic rings. The highest BCUT2D eigenvalue weighted by Gasteiger charge is 2.12. The van der Waals surface area contributed by atoms with Gasteiger partial charge in [0, 0.05) is 35.2 Å². The van der Waals surface area contributed by atoms with Crippen molar-refractivity contribution in [2.75, 3.05) is 29.5 Å². The molecule has 3 heteroatoms. The zero-order valence-electron chi connectivity index (χ0n) is 10.4. The second kappa shape index (κ2) is 7.13. The van der Waals surface area contributed by atoms with Gasteiger partial charge in [0.25, 0.3) is 0 Å². The van der Waals surface area contributed by atoms with E-state index in [9.17, 15) is 0 Å².